The molecular formula is C18H21NO3S. The van der Waals surface area contributed by atoms with E-state index in [1.165, 1.54) is 6.92 Å². The lowest BCUT2D eigenvalue weighted by Gasteiger charge is -2.12. The fourth-order valence-electron chi connectivity index (χ4n) is 1.98. The van der Waals surface area contributed by atoms with Crippen LogP contribution >= 0.6 is 11.8 Å². The Balaban J connectivity index is 1.75. The van der Waals surface area contributed by atoms with Gasteiger partial charge in [0.1, 0.15) is 12.4 Å². The van der Waals surface area contributed by atoms with Crippen LogP contribution in [-0.2, 0) is 4.79 Å². The Morgan fingerprint density at radius 2 is 2.00 bits per heavy atom. The monoisotopic (exact) mass is 331 g/mol. The average Bonchev–Trinajstić information content (AvgIpc) is 2.52. The number of aryl methyl sites for hydroxylation is 1. The lowest BCUT2D eigenvalue weighted by molar-refractivity contribution is -0.114. The van der Waals surface area contributed by atoms with Gasteiger partial charge in [-0.05, 0) is 48.9 Å². The van der Waals surface area contributed by atoms with Crippen LogP contribution in [-0.4, -0.2) is 29.5 Å². The molecule has 0 radical (unpaired) electrons. The summed E-state index contributed by atoms with van der Waals surface area (Å²) < 4.78 is 5.59. The number of benzene rings is 2. The van der Waals surface area contributed by atoms with Crippen LogP contribution in [0, 0.1) is 6.92 Å². The number of anilines is 1. The Morgan fingerprint density at radius 3 is 2.65 bits per heavy atom. The van der Waals surface area contributed by atoms with E-state index < -0.39 is 6.10 Å². The van der Waals surface area contributed by atoms with E-state index in [4.69, 9.17) is 4.74 Å². The second kappa shape index (κ2) is 8.60. The molecule has 122 valence electrons. The predicted molar refractivity (Wildman–Crippen MR) is 94.2 cm³/mol. The highest BCUT2D eigenvalue weighted by Crippen LogP contribution is 2.21. The minimum Gasteiger partial charge on any atom is -0.491 e. The van der Waals surface area contributed by atoms with Crippen LogP contribution in [0.25, 0.3) is 0 Å². The third-order valence-electron chi connectivity index (χ3n) is 3.05. The highest BCUT2D eigenvalue weighted by atomic mass is 32.2. The van der Waals surface area contributed by atoms with Crippen molar-refractivity contribution < 1.29 is 14.6 Å². The molecule has 1 amide bonds. The molecule has 5 heteroatoms. The molecule has 0 bridgehead atoms. The highest BCUT2D eigenvalue weighted by molar-refractivity contribution is 7.99. The number of hydrogen-bond acceptors (Lipinski definition) is 4. The average molecular weight is 331 g/mol. The molecular weight excluding hydrogens is 310 g/mol. The lowest BCUT2D eigenvalue weighted by atomic mass is 10.2. The van der Waals surface area contributed by atoms with Crippen LogP contribution in [0.5, 0.6) is 5.75 Å². The standard InChI is InChI=1S/C18H21NO3S/c1-13-4-3-5-17(10-13)22-11-16(21)12-23-18-8-6-15(7-9-18)19-14(2)20/h3-10,16,21H,11-12H2,1-2H3,(H,19,20)/t16-/m0/s1. The van der Waals surface area contributed by atoms with Gasteiger partial charge in [-0.3, -0.25) is 4.79 Å². The third kappa shape index (κ3) is 6.34. The molecule has 0 saturated heterocycles. The first kappa shape index (κ1) is 17.4. The van der Waals surface area contributed by atoms with Gasteiger partial charge in [-0.15, -0.1) is 11.8 Å². The molecule has 2 aromatic rings. The quantitative estimate of drug-likeness (QED) is 0.763. The number of amides is 1. The molecule has 0 aromatic heterocycles. The van der Waals surface area contributed by atoms with Crippen LogP contribution < -0.4 is 10.1 Å². The van der Waals surface area contributed by atoms with Crippen LogP contribution in [0.2, 0.25) is 0 Å². The van der Waals surface area contributed by atoms with Gasteiger partial charge in [0.05, 0.1) is 6.10 Å². The van der Waals surface area contributed by atoms with E-state index in [9.17, 15) is 9.90 Å². The highest BCUT2D eigenvalue weighted by Gasteiger charge is 2.07. The van der Waals surface area contributed by atoms with Gasteiger partial charge in [-0.25, -0.2) is 0 Å². The van der Waals surface area contributed by atoms with Gasteiger partial charge in [0, 0.05) is 23.3 Å². The molecule has 0 saturated carbocycles. The number of ether oxygens (including phenoxy) is 1. The van der Waals surface area contributed by atoms with Gasteiger partial charge in [-0.1, -0.05) is 12.1 Å². The zero-order valence-corrected chi connectivity index (χ0v) is 14.1. The van der Waals surface area contributed by atoms with Gasteiger partial charge in [-0.2, -0.15) is 0 Å². The Hall–Kier alpha value is -1.98. The van der Waals surface area contributed by atoms with Gasteiger partial charge in [0.15, 0.2) is 0 Å². The van der Waals surface area contributed by atoms with E-state index in [2.05, 4.69) is 5.32 Å². The molecule has 0 heterocycles. The van der Waals surface area contributed by atoms with Crippen LogP contribution in [0.3, 0.4) is 0 Å². The summed E-state index contributed by atoms with van der Waals surface area (Å²) in [5.74, 6) is 1.23. The van der Waals surface area contributed by atoms with Gasteiger partial charge in [0.2, 0.25) is 5.91 Å². The fraction of sp³-hybridized carbons (Fsp3) is 0.278. The summed E-state index contributed by atoms with van der Waals surface area (Å²) >= 11 is 1.55. The number of aliphatic hydroxyl groups excluding tert-OH is 1. The SMILES string of the molecule is CC(=O)Nc1ccc(SC[C@@H](O)COc2cccc(C)c2)cc1. The first-order valence-corrected chi connectivity index (χ1v) is 8.39. The summed E-state index contributed by atoms with van der Waals surface area (Å²) in [6, 6.07) is 15.3. The molecule has 0 fully saturated rings. The predicted octanol–water partition coefficient (Wildman–Crippen LogP) is 3.49. The molecule has 2 rings (SSSR count). The van der Waals surface area contributed by atoms with E-state index >= 15 is 0 Å². The van der Waals surface area contributed by atoms with Crippen molar-refractivity contribution in [1.29, 1.82) is 0 Å². The minimum atomic E-state index is -0.546. The number of thioether (sulfide) groups is 1. The first-order chi connectivity index (χ1) is 11.0. The third-order valence-corrected chi connectivity index (χ3v) is 4.21. The van der Waals surface area contributed by atoms with E-state index in [0.29, 0.717) is 5.75 Å². The van der Waals surface area contributed by atoms with Crippen molar-refractivity contribution in [3.05, 3.63) is 54.1 Å². The number of rotatable bonds is 7. The van der Waals surface area contributed by atoms with E-state index in [1.54, 1.807) is 11.8 Å². The molecule has 4 nitrogen and oxygen atoms in total. The zero-order valence-electron chi connectivity index (χ0n) is 13.3. The summed E-state index contributed by atoms with van der Waals surface area (Å²) in [7, 11) is 0. The van der Waals surface area contributed by atoms with Crippen molar-refractivity contribution in [1.82, 2.24) is 0 Å². The maximum Gasteiger partial charge on any atom is 0.221 e. The zero-order chi connectivity index (χ0) is 16.7. The Labute approximate surface area is 140 Å². The lowest BCUT2D eigenvalue weighted by Crippen LogP contribution is -2.20. The normalized spacial score (nSPS) is 11.8. The molecule has 0 spiro atoms. The van der Waals surface area contributed by atoms with Crippen molar-refractivity contribution in [2.45, 2.75) is 24.8 Å². The van der Waals surface area contributed by atoms with Crippen LogP contribution in [0.1, 0.15) is 12.5 Å². The van der Waals surface area contributed by atoms with E-state index in [-0.39, 0.29) is 12.5 Å². The molecule has 2 N–H and O–H groups in total. The van der Waals surface area contributed by atoms with Gasteiger partial charge in [0.25, 0.3) is 0 Å². The molecule has 0 unspecified atom stereocenters. The van der Waals surface area contributed by atoms with E-state index in [1.807, 2.05) is 55.5 Å². The number of aliphatic hydroxyl groups is 1. The van der Waals surface area contributed by atoms with Gasteiger partial charge >= 0.3 is 0 Å². The van der Waals surface area contributed by atoms with Crippen molar-refractivity contribution in [2.75, 3.05) is 17.7 Å². The molecule has 2 aromatic carbocycles. The maximum atomic E-state index is 11.0. The largest absolute Gasteiger partial charge is 0.491 e. The summed E-state index contributed by atoms with van der Waals surface area (Å²) in [5.41, 5.74) is 1.90. The van der Waals surface area contributed by atoms with Gasteiger partial charge < -0.3 is 15.2 Å². The van der Waals surface area contributed by atoms with E-state index in [0.717, 1.165) is 21.9 Å². The number of carbonyl (C=O) groups excluding carboxylic acids is 1. The summed E-state index contributed by atoms with van der Waals surface area (Å²) in [6.07, 6.45) is -0.546. The maximum absolute atomic E-state index is 11.0. The number of carbonyl (C=O) groups is 1. The number of nitrogens with one attached hydrogen (secondary N) is 1. The summed E-state index contributed by atoms with van der Waals surface area (Å²) in [5, 5.41) is 12.7. The molecule has 23 heavy (non-hydrogen) atoms. The summed E-state index contributed by atoms with van der Waals surface area (Å²) in [6.45, 7) is 3.75. The van der Waals surface area contributed by atoms with Crippen molar-refractivity contribution in [3.8, 4) is 5.75 Å². The fourth-order valence-corrected chi connectivity index (χ4v) is 2.79. The summed E-state index contributed by atoms with van der Waals surface area (Å²) in [4.78, 5) is 12.0. The number of hydrogen-bond donors (Lipinski definition) is 2. The smallest absolute Gasteiger partial charge is 0.221 e. The van der Waals surface area contributed by atoms with Crippen LogP contribution in [0.4, 0.5) is 5.69 Å². The second-order valence-corrected chi connectivity index (χ2v) is 6.39. The Kier molecular flexibility index (Phi) is 6.50. The first-order valence-electron chi connectivity index (χ1n) is 7.41. The molecule has 0 aliphatic carbocycles. The molecule has 0 aliphatic rings. The van der Waals surface area contributed by atoms with Crippen molar-refractivity contribution >= 4 is 23.4 Å². The molecule has 1 atom stereocenters. The Morgan fingerprint density at radius 1 is 1.26 bits per heavy atom. The van der Waals surface area contributed by atoms with Crippen molar-refractivity contribution in [3.63, 3.8) is 0 Å². The second-order valence-electron chi connectivity index (χ2n) is 5.30. The minimum absolute atomic E-state index is 0.0888. The Bertz CT molecular complexity index is 643. The topological polar surface area (TPSA) is 58.6 Å². The molecule has 0 aliphatic heterocycles. The van der Waals surface area contributed by atoms with Crippen LogP contribution in [0.15, 0.2) is 53.4 Å². The van der Waals surface area contributed by atoms with Crippen molar-refractivity contribution in [2.24, 2.45) is 0 Å².